The normalized spacial score (nSPS) is 17.0. The van der Waals surface area contributed by atoms with Crippen molar-refractivity contribution in [2.45, 2.75) is 26.4 Å². The number of anilines is 2. The number of rotatable bonds is 3. The lowest BCUT2D eigenvalue weighted by Crippen LogP contribution is -2.35. The van der Waals surface area contributed by atoms with Crippen LogP contribution in [0.15, 0.2) is 42.5 Å². The van der Waals surface area contributed by atoms with E-state index in [1.807, 2.05) is 44.2 Å². The predicted octanol–water partition coefficient (Wildman–Crippen LogP) is 2.86. The number of hydrogen-bond acceptors (Lipinski definition) is 4. The van der Waals surface area contributed by atoms with Crippen molar-refractivity contribution in [3.8, 4) is 5.75 Å². The summed E-state index contributed by atoms with van der Waals surface area (Å²) in [6, 6.07) is 12.8. The Morgan fingerprint density at radius 3 is 2.42 bits per heavy atom. The van der Waals surface area contributed by atoms with Gasteiger partial charge in [-0.3, -0.25) is 9.10 Å². The molecular weight excluding hydrogens is 352 g/mol. The lowest BCUT2D eigenvalue weighted by atomic mass is 10.2. The van der Waals surface area contributed by atoms with Gasteiger partial charge in [0.1, 0.15) is 5.75 Å². The summed E-state index contributed by atoms with van der Waals surface area (Å²) in [6.07, 6.45) is 0.647. The van der Waals surface area contributed by atoms with Gasteiger partial charge in [0.25, 0.3) is 5.91 Å². The number of sulfonamides is 1. The first-order chi connectivity index (χ1) is 12.2. The van der Waals surface area contributed by atoms with Gasteiger partial charge < -0.3 is 10.1 Å². The molecule has 1 heterocycles. The molecule has 0 unspecified atom stereocenters. The molecule has 1 amide bonds. The van der Waals surface area contributed by atoms with E-state index in [9.17, 15) is 13.2 Å². The van der Waals surface area contributed by atoms with Crippen LogP contribution < -0.4 is 14.4 Å². The standard InChI is InChI=1S/C19H22N2O4S/c1-13-4-7-15(8-5-13)20-19(22)18-10-11-21(26(3,23)24)16-12-14(2)6-9-17(16)25-18/h4-9,12,18H,10-11H2,1-3H3,(H,20,22)/t18-/m1/s1. The average molecular weight is 374 g/mol. The number of aryl methyl sites for hydroxylation is 2. The van der Waals surface area contributed by atoms with Gasteiger partial charge in [-0.15, -0.1) is 0 Å². The number of carbonyl (C=O) groups is 1. The molecule has 138 valence electrons. The molecule has 0 aromatic heterocycles. The highest BCUT2D eigenvalue weighted by atomic mass is 32.2. The van der Waals surface area contributed by atoms with Crippen LogP contribution in [-0.4, -0.2) is 33.2 Å². The van der Waals surface area contributed by atoms with E-state index in [1.165, 1.54) is 4.31 Å². The van der Waals surface area contributed by atoms with Gasteiger partial charge in [0.15, 0.2) is 6.10 Å². The lowest BCUT2D eigenvalue weighted by molar-refractivity contribution is -0.122. The van der Waals surface area contributed by atoms with Gasteiger partial charge in [-0.1, -0.05) is 23.8 Å². The molecule has 1 N–H and O–H groups in total. The molecule has 26 heavy (non-hydrogen) atoms. The van der Waals surface area contributed by atoms with Gasteiger partial charge in [0.05, 0.1) is 11.9 Å². The first-order valence-corrected chi connectivity index (χ1v) is 10.2. The van der Waals surface area contributed by atoms with Crippen LogP contribution >= 0.6 is 0 Å². The quantitative estimate of drug-likeness (QED) is 0.896. The number of hydrogen-bond donors (Lipinski definition) is 1. The Morgan fingerprint density at radius 1 is 1.12 bits per heavy atom. The van der Waals surface area contributed by atoms with Crippen LogP contribution in [0.5, 0.6) is 5.75 Å². The summed E-state index contributed by atoms with van der Waals surface area (Å²) in [4.78, 5) is 12.6. The van der Waals surface area contributed by atoms with Crippen LogP contribution in [0, 0.1) is 13.8 Å². The van der Waals surface area contributed by atoms with Crippen molar-refractivity contribution in [3.63, 3.8) is 0 Å². The highest BCUT2D eigenvalue weighted by Gasteiger charge is 2.31. The predicted molar refractivity (Wildman–Crippen MR) is 102 cm³/mol. The topological polar surface area (TPSA) is 75.7 Å². The maximum Gasteiger partial charge on any atom is 0.265 e. The zero-order chi connectivity index (χ0) is 18.9. The van der Waals surface area contributed by atoms with Crippen LogP contribution in [0.25, 0.3) is 0 Å². The summed E-state index contributed by atoms with van der Waals surface area (Å²) in [5, 5.41) is 2.83. The largest absolute Gasteiger partial charge is 0.478 e. The molecule has 0 radical (unpaired) electrons. The molecule has 0 aliphatic carbocycles. The third kappa shape index (κ3) is 3.99. The number of nitrogens with zero attached hydrogens (tertiary/aromatic N) is 1. The second-order valence-electron chi connectivity index (χ2n) is 6.56. The van der Waals surface area contributed by atoms with Gasteiger partial charge in [-0.25, -0.2) is 8.42 Å². The molecule has 0 bridgehead atoms. The molecular formula is C19H22N2O4S. The van der Waals surface area contributed by atoms with Crippen molar-refractivity contribution in [2.75, 3.05) is 22.4 Å². The van der Waals surface area contributed by atoms with E-state index in [2.05, 4.69) is 5.32 Å². The first kappa shape index (κ1) is 18.3. The van der Waals surface area contributed by atoms with Crippen molar-refractivity contribution < 1.29 is 17.9 Å². The third-order valence-corrected chi connectivity index (χ3v) is 5.44. The zero-order valence-corrected chi connectivity index (χ0v) is 15.8. The number of fused-ring (bicyclic) bond motifs is 1. The molecule has 0 spiro atoms. The Bertz CT molecular complexity index is 923. The van der Waals surface area contributed by atoms with Gasteiger partial charge in [0, 0.05) is 18.7 Å². The molecule has 2 aromatic carbocycles. The second kappa shape index (κ2) is 6.99. The Hall–Kier alpha value is -2.54. The molecule has 1 aliphatic heterocycles. The fourth-order valence-electron chi connectivity index (χ4n) is 2.88. The van der Waals surface area contributed by atoms with E-state index in [4.69, 9.17) is 4.74 Å². The minimum atomic E-state index is -3.47. The number of carbonyl (C=O) groups excluding carboxylic acids is 1. The molecule has 1 aliphatic rings. The monoisotopic (exact) mass is 374 g/mol. The number of ether oxygens (including phenoxy) is 1. The average Bonchev–Trinajstić information content (AvgIpc) is 2.76. The van der Waals surface area contributed by atoms with Gasteiger partial charge in [0.2, 0.25) is 10.0 Å². The van der Waals surface area contributed by atoms with Crippen molar-refractivity contribution in [1.29, 1.82) is 0 Å². The van der Waals surface area contributed by atoms with E-state index < -0.39 is 16.1 Å². The van der Waals surface area contributed by atoms with Gasteiger partial charge in [-0.05, 0) is 43.7 Å². The molecule has 1 atom stereocenters. The highest BCUT2D eigenvalue weighted by Crippen LogP contribution is 2.35. The SMILES string of the molecule is Cc1ccc(NC(=O)[C@H]2CCN(S(C)(=O)=O)c3cc(C)ccc3O2)cc1. The van der Waals surface area contributed by atoms with E-state index in [1.54, 1.807) is 12.1 Å². The molecule has 2 aromatic rings. The van der Waals surface area contributed by atoms with Crippen molar-refractivity contribution >= 4 is 27.3 Å². The smallest absolute Gasteiger partial charge is 0.265 e. The van der Waals surface area contributed by atoms with Crippen molar-refractivity contribution in [2.24, 2.45) is 0 Å². The summed E-state index contributed by atoms with van der Waals surface area (Å²) in [5.74, 6) is 0.0957. The summed E-state index contributed by atoms with van der Waals surface area (Å²) in [5.41, 5.74) is 3.17. The minimum Gasteiger partial charge on any atom is -0.478 e. The minimum absolute atomic E-state index is 0.182. The zero-order valence-electron chi connectivity index (χ0n) is 15.0. The number of benzene rings is 2. The van der Waals surface area contributed by atoms with Crippen LogP contribution in [0.4, 0.5) is 11.4 Å². The molecule has 0 saturated heterocycles. The van der Waals surface area contributed by atoms with Gasteiger partial charge >= 0.3 is 0 Å². The van der Waals surface area contributed by atoms with E-state index in [-0.39, 0.29) is 18.9 Å². The van der Waals surface area contributed by atoms with Crippen LogP contribution in [-0.2, 0) is 14.8 Å². The maximum absolute atomic E-state index is 12.6. The Morgan fingerprint density at radius 2 is 1.77 bits per heavy atom. The highest BCUT2D eigenvalue weighted by molar-refractivity contribution is 7.92. The number of amides is 1. The molecule has 0 saturated carbocycles. The molecule has 7 heteroatoms. The van der Waals surface area contributed by atoms with Gasteiger partial charge in [-0.2, -0.15) is 0 Å². The summed E-state index contributed by atoms with van der Waals surface area (Å²) < 4.78 is 31.5. The lowest BCUT2D eigenvalue weighted by Gasteiger charge is -2.21. The van der Waals surface area contributed by atoms with E-state index in [0.717, 1.165) is 17.4 Å². The molecule has 0 fully saturated rings. The second-order valence-corrected chi connectivity index (χ2v) is 8.46. The van der Waals surface area contributed by atoms with E-state index in [0.29, 0.717) is 17.1 Å². The maximum atomic E-state index is 12.6. The Kier molecular flexibility index (Phi) is 4.91. The Balaban J connectivity index is 1.86. The van der Waals surface area contributed by atoms with E-state index >= 15 is 0 Å². The molecule has 3 rings (SSSR count). The summed E-state index contributed by atoms with van der Waals surface area (Å²) in [6.45, 7) is 4.03. The van der Waals surface area contributed by atoms with Crippen LogP contribution in [0.1, 0.15) is 17.5 Å². The van der Waals surface area contributed by atoms with Crippen molar-refractivity contribution in [3.05, 3.63) is 53.6 Å². The third-order valence-electron chi connectivity index (χ3n) is 4.26. The fourth-order valence-corrected chi connectivity index (χ4v) is 3.81. The van der Waals surface area contributed by atoms with Crippen molar-refractivity contribution in [1.82, 2.24) is 0 Å². The first-order valence-electron chi connectivity index (χ1n) is 8.36. The number of nitrogens with one attached hydrogen (secondary N) is 1. The summed E-state index contributed by atoms with van der Waals surface area (Å²) in [7, 11) is -3.47. The fraction of sp³-hybridized carbons (Fsp3) is 0.316. The summed E-state index contributed by atoms with van der Waals surface area (Å²) >= 11 is 0. The molecule has 6 nitrogen and oxygen atoms in total. The van der Waals surface area contributed by atoms with Crippen LogP contribution in [0.3, 0.4) is 0 Å². The Labute approximate surface area is 153 Å². The van der Waals surface area contributed by atoms with Crippen LogP contribution in [0.2, 0.25) is 0 Å².